The summed E-state index contributed by atoms with van der Waals surface area (Å²) in [7, 11) is 0. The highest BCUT2D eigenvalue weighted by molar-refractivity contribution is 5.53. The Morgan fingerprint density at radius 2 is 2.09 bits per heavy atom. The van der Waals surface area contributed by atoms with Gasteiger partial charge in [0.15, 0.2) is 6.33 Å². The summed E-state index contributed by atoms with van der Waals surface area (Å²) in [5.74, 6) is 0.777. The first kappa shape index (κ1) is 6.09. The van der Waals surface area contributed by atoms with E-state index in [0.29, 0.717) is 0 Å². The van der Waals surface area contributed by atoms with Crippen LogP contribution in [0.15, 0.2) is 35.2 Å². The molecule has 0 N–H and O–H groups in total. The third kappa shape index (κ3) is 1.12. The second kappa shape index (κ2) is 2.54. The molecule has 0 aliphatic heterocycles. The highest BCUT2D eigenvalue weighted by Gasteiger charge is 1.97. The molecule has 0 unspecified atom stereocenters. The van der Waals surface area contributed by atoms with Crippen molar-refractivity contribution in [3.63, 3.8) is 0 Å². The Kier molecular flexibility index (Phi) is 1.41. The van der Waals surface area contributed by atoms with Crippen molar-refractivity contribution >= 4 is 0 Å². The van der Waals surface area contributed by atoms with E-state index in [2.05, 4.69) is 16.3 Å². The Bertz CT molecular complexity index is 315. The van der Waals surface area contributed by atoms with Gasteiger partial charge in [0.2, 0.25) is 0 Å². The van der Waals surface area contributed by atoms with Gasteiger partial charge in [0.25, 0.3) is 0 Å². The molecule has 11 heavy (non-hydrogen) atoms. The Hall–Kier alpha value is -1.64. The molecule has 0 saturated heterocycles. The lowest BCUT2D eigenvalue weighted by molar-refractivity contribution is 0.581. The maximum Gasteiger partial charge on any atom is 0.197 e. The fourth-order valence-electron chi connectivity index (χ4n) is 0.834. The van der Waals surface area contributed by atoms with Gasteiger partial charge in [0, 0.05) is 12.4 Å². The molecule has 2 aromatic rings. The summed E-state index contributed by atoms with van der Waals surface area (Å²) in [5, 5.41) is 0. The van der Waals surface area contributed by atoms with Gasteiger partial charge in [-0.1, -0.05) is 0 Å². The van der Waals surface area contributed by atoms with Crippen molar-refractivity contribution in [2.75, 3.05) is 0 Å². The lowest BCUT2D eigenvalue weighted by Gasteiger charge is -1.90. The van der Waals surface area contributed by atoms with E-state index in [1.807, 2.05) is 12.1 Å². The number of aromatic nitrogens is 2. The first-order valence-corrected chi connectivity index (χ1v) is 3.19. The van der Waals surface area contributed by atoms with Crippen molar-refractivity contribution in [3.8, 4) is 11.3 Å². The van der Waals surface area contributed by atoms with Gasteiger partial charge in [-0.15, -0.1) is 0 Å². The normalized spacial score (nSPS) is 9.82. The van der Waals surface area contributed by atoms with Gasteiger partial charge in [-0.3, -0.25) is 0 Å². The molecule has 0 aromatic carbocycles. The van der Waals surface area contributed by atoms with Gasteiger partial charge in [-0.05, 0) is 12.1 Å². The molecule has 0 aliphatic rings. The number of rotatable bonds is 1. The lowest BCUT2D eigenvalue weighted by Crippen LogP contribution is -1.78. The summed E-state index contributed by atoms with van der Waals surface area (Å²) >= 11 is 0. The maximum atomic E-state index is 5.13. The topological polar surface area (TPSA) is 38.9 Å². The molecule has 2 rings (SSSR count). The van der Waals surface area contributed by atoms with Crippen LogP contribution < -0.4 is 0 Å². The molecule has 3 nitrogen and oxygen atoms in total. The summed E-state index contributed by atoms with van der Waals surface area (Å²) in [5.41, 5.74) is 0.869. The van der Waals surface area contributed by atoms with Crippen LogP contribution in [-0.2, 0) is 0 Å². The van der Waals surface area contributed by atoms with Gasteiger partial charge < -0.3 is 4.42 Å². The van der Waals surface area contributed by atoms with E-state index in [1.165, 1.54) is 0 Å². The number of nitrogens with zero attached hydrogens (tertiary/aromatic N) is 2. The molecule has 0 spiro atoms. The Balaban J connectivity index is 2.46. The number of hydrogen-bond acceptors (Lipinski definition) is 3. The van der Waals surface area contributed by atoms with E-state index in [0.717, 1.165) is 11.3 Å². The Labute approximate surface area is 63.7 Å². The third-order valence-corrected chi connectivity index (χ3v) is 1.33. The highest BCUT2D eigenvalue weighted by atomic mass is 16.3. The van der Waals surface area contributed by atoms with Crippen molar-refractivity contribution in [2.45, 2.75) is 0 Å². The van der Waals surface area contributed by atoms with Gasteiger partial charge in [0.1, 0.15) is 5.76 Å². The molecule has 0 amide bonds. The monoisotopic (exact) mass is 145 g/mol. The smallest absolute Gasteiger partial charge is 0.197 e. The molecule has 0 saturated carbocycles. The second-order valence-electron chi connectivity index (χ2n) is 2.05. The Morgan fingerprint density at radius 1 is 1.27 bits per heavy atom. The largest absolute Gasteiger partial charge is 0.464 e. The second-order valence-corrected chi connectivity index (χ2v) is 2.05. The molecule has 53 valence electrons. The average molecular weight is 145 g/mol. The fourth-order valence-corrected chi connectivity index (χ4v) is 0.834. The van der Waals surface area contributed by atoms with E-state index in [4.69, 9.17) is 4.42 Å². The standard InChI is InChI=1S/C8H5N2O/c1-2-8(11-3-1)7-4-9-6-10-5-7/h1-5H. The van der Waals surface area contributed by atoms with Gasteiger partial charge in [-0.2, -0.15) is 0 Å². The van der Waals surface area contributed by atoms with Crippen LogP contribution >= 0.6 is 0 Å². The zero-order valence-corrected chi connectivity index (χ0v) is 5.69. The van der Waals surface area contributed by atoms with E-state index in [9.17, 15) is 0 Å². The van der Waals surface area contributed by atoms with Crippen LogP contribution in [0.4, 0.5) is 0 Å². The van der Waals surface area contributed by atoms with Crippen molar-refractivity contribution in [3.05, 3.63) is 37.1 Å². The lowest BCUT2D eigenvalue weighted by atomic mass is 10.3. The highest BCUT2D eigenvalue weighted by Crippen LogP contribution is 2.16. The van der Waals surface area contributed by atoms with E-state index >= 15 is 0 Å². The van der Waals surface area contributed by atoms with Crippen molar-refractivity contribution in [2.24, 2.45) is 0 Å². The van der Waals surface area contributed by atoms with E-state index in [-0.39, 0.29) is 0 Å². The maximum absolute atomic E-state index is 5.13. The van der Waals surface area contributed by atoms with Gasteiger partial charge in [0.05, 0.1) is 11.8 Å². The van der Waals surface area contributed by atoms with E-state index < -0.39 is 0 Å². The zero-order valence-electron chi connectivity index (χ0n) is 5.69. The fraction of sp³-hybridized carbons (Fsp3) is 0. The van der Waals surface area contributed by atoms with Crippen molar-refractivity contribution < 1.29 is 4.42 Å². The predicted molar refractivity (Wildman–Crippen MR) is 38.6 cm³/mol. The molecule has 0 aliphatic carbocycles. The summed E-state index contributed by atoms with van der Waals surface area (Å²) in [6.45, 7) is 0. The average Bonchev–Trinajstić information content (AvgIpc) is 2.58. The SMILES string of the molecule is [c]1ncc(-c2ccco2)cn1. The third-order valence-electron chi connectivity index (χ3n) is 1.33. The van der Waals surface area contributed by atoms with Crippen LogP contribution in [0.25, 0.3) is 11.3 Å². The minimum atomic E-state index is 0.777. The quantitative estimate of drug-likeness (QED) is 0.610. The number of hydrogen-bond donors (Lipinski definition) is 0. The van der Waals surface area contributed by atoms with Crippen molar-refractivity contribution in [1.29, 1.82) is 0 Å². The van der Waals surface area contributed by atoms with Crippen LogP contribution in [0.5, 0.6) is 0 Å². The number of furan rings is 1. The van der Waals surface area contributed by atoms with Crippen LogP contribution in [0.3, 0.4) is 0 Å². The first-order valence-electron chi connectivity index (χ1n) is 3.19. The Morgan fingerprint density at radius 3 is 2.73 bits per heavy atom. The van der Waals surface area contributed by atoms with Crippen LogP contribution in [-0.4, -0.2) is 9.97 Å². The molecular formula is C8H5N2O. The van der Waals surface area contributed by atoms with Gasteiger partial charge >= 0.3 is 0 Å². The predicted octanol–water partition coefficient (Wildman–Crippen LogP) is 1.54. The molecular weight excluding hydrogens is 140 g/mol. The summed E-state index contributed by atoms with van der Waals surface area (Å²) < 4.78 is 5.13. The van der Waals surface area contributed by atoms with Crippen molar-refractivity contribution in [1.82, 2.24) is 9.97 Å². The molecule has 0 atom stereocenters. The summed E-state index contributed by atoms with van der Waals surface area (Å²) in [4.78, 5) is 7.49. The summed E-state index contributed by atoms with van der Waals surface area (Å²) in [6.07, 6.45) is 7.39. The first-order chi connectivity index (χ1) is 5.47. The minimum absolute atomic E-state index is 0.777. The van der Waals surface area contributed by atoms with Crippen LogP contribution in [0.1, 0.15) is 0 Å². The molecule has 2 heterocycles. The minimum Gasteiger partial charge on any atom is -0.464 e. The van der Waals surface area contributed by atoms with Crippen LogP contribution in [0.2, 0.25) is 0 Å². The molecule has 3 heteroatoms. The molecule has 1 radical (unpaired) electrons. The zero-order chi connectivity index (χ0) is 7.52. The molecule has 2 aromatic heterocycles. The summed E-state index contributed by atoms with van der Waals surface area (Å²) in [6, 6.07) is 3.69. The molecule has 0 fully saturated rings. The molecule has 0 bridgehead atoms. The van der Waals surface area contributed by atoms with Crippen LogP contribution in [0, 0.1) is 6.33 Å². The van der Waals surface area contributed by atoms with Gasteiger partial charge in [-0.25, -0.2) is 9.97 Å². The van der Waals surface area contributed by atoms with E-state index in [1.54, 1.807) is 18.7 Å².